The number of hydrogen-bond donors (Lipinski definition) is 1. The summed E-state index contributed by atoms with van der Waals surface area (Å²) in [6, 6.07) is 13.6. The van der Waals surface area contributed by atoms with Gasteiger partial charge in [-0.05, 0) is 29.8 Å². The third-order valence-corrected chi connectivity index (χ3v) is 4.22. The Bertz CT molecular complexity index is 842. The van der Waals surface area contributed by atoms with Crippen LogP contribution in [0.2, 0.25) is 0 Å². The summed E-state index contributed by atoms with van der Waals surface area (Å²) in [5, 5.41) is 2.98. The van der Waals surface area contributed by atoms with Gasteiger partial charge in [0, 0.05) is 11.8 Å². The highest BCUT2D eigenvalue weighted by Crippen LogP contribution is 2.30. The second-order valence-electron chi connectivity index (χ2n) is 4.92. The van der Waals surface area contributed by atoms with E-state index in [0.29, 0.717) is 5.13 Å². The minimum atomic E-state index is -4.42. The highest BCUT2D eigenvalue weighted by molar-refractivity contribution is 7.19. The number of hydrogen-bond acceptors (Lipinski definition) is 3. The molecule has 0 saturated carbocycles. The van der Waals surface area contributed by atoms with E-state index < -0.39 is 17.6 Å². The first-order valence-electron chi connectivity index (χ1n) is 6.93. The first kappa shape index (κ1) is 16.2. The number of amides is 1. The van der Waals surface area contributed by atoms with E-state index in [2.05, 4.69) is 10.3 Å². The van der Waals surface area contributed by atoms with Gasteiger partial charge in [0.2, 0.25) is 0 Å². The minimum Gasteiger partial charge on any atom is -0.298 e. The first-order chi connectivity index (χ1) is 11.4. The molecule has 24 heavy (non-hydrogen) atoms. The fourth-order valence-electron chi connectivity index (χ4n) is 2.05. The van der Waals surface area contributed by atoms with Crippen molar-refractivity contribution in [2.75, 3.05) is 5.32 Å². The maximum Gasteiger partial charge on any atom is 0.416 e. The van der Waals surface area contributed by atoms with Gasteiger partial charge in [0.15, 0.2) is 5.13 Å². The van der Waals surface area contributed by atoms with Gasteiger partial charge in [0.25, 0.3) is 5.91 Å². The number of benzene rings is 2. The van der Waals surface area contributed by atoms with Crippen LogP contribution in [0.5, 0.6) is 0 Å². The molecule has 0 atom stereocenters. The van der Waals surface area contributed by atoms with Crippen molar-refractivity contribution in [3.63, 3.8) is 0 Å². The lowest BCUT2D eigenvalue weighted by atomic mass is 10.1. The van der Waals surface area contributed by atoms with Gasteiger partial charge in [0.1, 0.15) is 0 Å². The van der Waals surface area contributed by atoms with E-state index in [4.69, 9.17) is 0 Å². The summed E-state index contributed by atoms with van der Waals surface area (Å²) in [5.74, 6) is -0.502. The second kappa shape index (κ2) is 6.45. The Kier molecular flexibility index (Phi) is 4.35. The van der Waals surface area contributed by atoms with Crippen LogP contribution in [-0.4, -0.2) is 10.9 Å². The zero-order chi connectivity index (χ0) is 17.2. The molecule has 3 nitrogen and oxygen atoms in total. The lowest BCUT2D eigenvalue weighted by Crippen LogP contribution is -2.12. The van der Waals surface area contributed by atoms with E-state index in [1.54, 1.807) is 6.20 Å². The molecular formula is C17H11F3N2OS. The molecule has 7 heteroatoms. The lowest BCUT2D eigenvalue weighted by Gasteiger charge is -2.07. The average Bonchev–Trinajstić information content (AvgIpc) is 3.03. The normalized spacial score (nSPS) is 11.3. The van der Waals surface area contributed by atoms with Crippen molar-refractivity contribution in [3.05, 3.63) is 71.9 Å². The maximum absolute atomic E-state index is 12.5. The molecule has 0 fully saturated rings. The van der Waals surface area contributed by atoms with Gasteiger partial charge in [-0.15, -0.1) is 0 Å². The van der Waals surface area contributed by atoms with E-state index in [-0.39, 0.29) is 5.56 Å². The molecule has 0 bridgehead atoms. The molecule has 122 valence electrons. The third-order valence-electron chi connectivity index (χ3n) is 3.26. The number of nitrogens with one attached hydrogen (secondary N) is 1. The van der Waals surface area contributed by atoms with Crippen LogP contribution in [0, 0.1) is 0 Å². The van der Waals surface area contributed by atoms with Crippen molar-refractivity contribution >= 4 is 22.4 Å². The second-order valence-corrected chi connectivity index (χ2v) is 5.96. The number of carbonyl (C=O) groups is 1. The van der Waals surface area contributed by atoms with E-state index in [1.165, 1.54) is 11.3 Å². The van der Waals surface area contributed by atoms with E-state index in [1.807, 2.05) is 30.3 Å². The lowest BCUT2D eigenvalue weighted by molar-refractivity contribution is -0.137. The van der Waals surface area contributed by atoms with Crippen molar-refractivity contribution in [1.29, 1.82) is 0 Å². The molecule has 0 aliphatic heterocycles. The Morgan fingerprint density at radius 1 is 1.00 bits per heavy atom. The number of aromatic nitrogens is 1. The number of rotatable bonds is 3. The molecule has 0 saturated heterocycles. The van der Waals surface area contributed by atoms with Crippen LogP contribution >= 0.6 is 11.3 Å². The SMILES string of the molecule is O=C(Nc1ncc(-c2ccccc2)s1)c1ccc(C(F)(F)F)cc1. The standard InChI is InChI=1S/C17H11F3N2OS/c18-17(19,20)13-8-6-12(7-9-13)15(23)22-16-21-10-14(24-16)11-4-2-1-3-5-11/h1-10H,(H,21,22,23). The van der Waals surface area contributed by atoms with E-state index in [9.17, 15) is 18.0 Å². The monoisotopic (exact) mass is 348 g/mol. The van der Waals surface area contributed by atoms with Crippen LogP contribution < -0.4 is 5.32 Å². The summed E-state index contributed by atoms with van der Waals surface area (Å²) in [7, 11) is 0. The van der Waals surface area contributed by atoms with Gasteiger partial charge in [-0.25, -0.2) is 4.98 Å². The van der Waals surface area contributed by atoms with Crippen LogP contribution in [-0.2, 0) is 6.18 Å². The van der Waals surface area contributed by atoms with Gasteiger partial charge < -0.3 is 0 Å². The molecule has 0 aliphatic rings. The zero-order valence-electron chi connectivity index (χ0n) is 12.2. The number of nitrogens with zero attached hydrogens (tertiary/aromatic N) is 1. The molecule has 1 N–H and O–H groups in total. The van der Waals surface area contributed by atoms with Crippen LogP contribution in [0.3, 0.4) is 0 Å². The topological polar surface area (TPSA) is 42.0 Å². The summed E-state index contributed by atoms with van der Waals surface area (Å²) in [5.41, 5.74) is 0.323. The molecule has 1 amide bonds. The largest absolute Gasteiger partial charge is 0.416 e. The van der Waals surface area contributed by atoms with Gasteiger partial charge in [0.05, 0.1) is 10.4 Å². The van der Waals surface area contributed by atoms with Crippen molar-refractivity contribution < 1.29 is 18.0 Å². The third kappa shape index (κ3) is 3.62. The van der Waals surface area contributed by atoms with Crippen molar-refractivity contribution in [3.8, 4) is 10.4 Å². The Balaban J connectivity index is 1.72. The average molecular weight is 348 g/mol. The first-order valence-corrected chi connectivity index (χ1v) is 7.75. The minimum absolute atomic E-state index is 0.138. The van der Waals surface area contributed by atoms with Crippen molar-refractivity contribution in [1.82, 2.24) is 4.98 Å². The van der Waals surface area contributed by atoms with E-state index >= 15 is 0 Å². The van der Waals surface area contributed by atoms with E-state index in [0.717, 1.165) is 34.7 Å². The summed E-state index contributed by atoms with van der Waals surface area (Å²) in [6.07, 6.45) is -2.78. The van der Waals surface area contributed by atoms with Gasteiger partial charge >= 0.3 is 6.18 Å². The Hall–Kier alpha value is -2.67. The summed E-state index contributed by atoms with van der Waals surface area (Å²) < 4.78 is 37.6. The molecule has 1 heterocycles. The molecule has 0 aliphatic carbocycles. The molecule has 0 unspecified atom stereocenters. The number of carbonyl (C=O) groups excluding carboxylic acids is 1. The number of anilines is 1. The molecule has 0 spiro atoms. The summed E-state index contributed by atoms with van der Waals surface area (Å²) in [6.45, 7) is 0. The number of thiazole rings is 1. The fourth-order valence-corrected chi connectivity index (χ4v) is 2.86. The zero-order valence-corrected chi connectivity index (χ0v) is 13.0. The molecule has 0 radical (unpaired) electrons. The smallest absolute Gasteiger partial charge is 0.298 e. The van der Waals surface area contributed by atoms with Gasteiger partial charge in [-0.2, -0.15) is 13.2 Å². The number of alkyl halides is 3. The van der Waals surface area contributed by atoms with Crippen LogP contribution in [0.25, 0.3) is 10.4 Å². The quantitative estimate of drug-likeness (QED) is 0.717. The molecular weight excluding hydrogens is 337 g/mol. The summed E-state index contributed by atoms with van der Waals surface area (Å²) >= 11 is 1.29. The molecule has 3 aromatic rings. The predicted molar refractivity (Wildman–Crippen MR) is 86.9 cm³/mol. The number of halogens is 3. The maximum atomic E-state index is 12.5. The Morgan fingerprint density at radius 2 is 1.67 bits per heavy atom. The van der Waals surface area contributed by atoms with Crippen LogP contribution in [0.4, 0.5) is 18.3 Å². The summed E-state index contributed by atoms with van der Waals surface area (Å²) in [4.78, 5) is 17.1. The van der Waals surface area contributed by atoms with Gasteiger partial charge in [-0.3, -0.25) is 10.1 Å². The van der Waals surface area contributed by atoms with Crippen LogP contribution in [0.15, 0.2) is 60.8 Å². The van der Waals surface area contributed by atoms with Crippen LogP contribution in [0.1, 0.15) is 15.9 Å². The molecule has 3 rings (SSSR count). The van der Waals surface area contributed by atoms with Crippen molar-refractivity contribution in [2.24, 2.45) is 0 Å². The fraction of sp³-hybridized carbons (Fsp3) is 0.0588. The van der Waals surface area contributed by atoms with Gasteiger partial charge in [-0.1, -0.05) is 41.7 Å². The Labute approximate surface area is 139 Å². The van der Waals surface area contributed by atoms with Crippen molar-refractivity contribution in [2.45, 2.75) is 6.18 Å². The molecule has 2 aromatic carbocycles. The highest BCUT2D eigenvalue weighted by atomic mass is 32.1. The predicted octanol–water partition coefficient (Wildman–Crippen LogP) is 5.08. The highest BCUT2D eigenvalue weighted by Gasteiger charge is 2.30. The molecule has 1 aromatic heterocycles. The Morgan fingerprint density at radius 3 is 2.29 bits per heavy atom.